The minimum Gasteiger partial charge on any atom is -0.392 e. The summed E-state index contributed by atoms with van der Waals surface area (Å²) >= 11 is 0. The van der Waals surface area contributed by atoms with Crippen LogP contribution in [0.5, 0.6) is 0 Å². The molecule has 2 atom stereocenters. The summed E-state index contributed by atoms with van der Waals surface area (Å²) in [5.41, 5.74) is 0. The van der Waals surface area contributed by atoms with Gasteiger partial charge in [-0.25, -0.2) is 0 Å². The zero-order chi connectivity index (χ0) is 8.27. The molecule has 0 aromatic rings. The third-order valence-electron chi connectivity index (χ3n) is 1.98. The number of rotatable bonds is 2. The van der Waals surface area contributed by atoms with Crippen molar-refractivity contribution >= 4 is 0 Å². The second kappa shape index (κ2) is 4.04. The van der Waals surface area contributed by atoms with Crippen molar-refractivity contribution in [3.63, 3.8) is 0 Å². The monoisotopic (exact) mass is 158 g/mol. The smallest absolute Gasteiger partial charge is 0.0639 e. The average Bonchev–Trinajstić information content (AvgIpc) is 1.85. The van der Waals surface area contributed by atoms with Crippen LogP contribution in [0.15, 0.2) is 0 Å². The highest BCUT2D eigenvalue weighted by atomic mass is 16.3. The number of aliphatic hydroxyl groups is 1. The van der Waals surface area contributed by atoms with Gasteiger partial charge >= 0.3 is 0 Å². The van der Waals surface area contributed by atoms with E-state index >= 15 is 0 Å². The van der Waals surface area contributed by atoms with Crippen molar-refractivity contribution in [2.45, 2.75) is 26.0 Å². The van der Waals surface area contributed by atoms with Gasteiger partial charge in [0.15, 0.2) is 0 Å². The predicted molar refractivity (Wildman–Crippen MR) is 45.6 cm³/mol. The largest absolute Gasteiger partial charge is 0.392 e. The van der Waals surface area contributed by atoms with Crippen LogP contribution in [0.25, 0.3) is 0 Å². The van der Waals surface area contributed by atoms with Crippen molar-refractivity contribution in [1.82, 2.24) is 10.2 Å². The molecule has 1 unspecified atom stereocenters. The van der Waals surface area contributed by atoms with Gasteiger partial charge in [-0.2, -0.15) is 0 Å². The third kappa shape index (κ3) is 3.18. The molecule has 0 spiro atoms. The van der Waals surface area contributed by atoms with Gasteiger partial charge in [0.05, 0.1) is 6.10 Å². The Kier molecular flexibility index (Phi) is 3.30. The molecule has 1 aliphatic rings. The van der Waals surface area contributed by atoms with Gasteiger partial charge in [-0.1, -0.05) is 0 Å². The Morgan fingerprint density at radius 2 is 2.45 bits per heavy atom. The SMILES string of the molecule is CC1CN(C[C@H](C)O)CCN1. The third-order valence-corrected chi connectivity index (χ3v) is 1.98. The fourth-order valence-corrected chi connectivity index (χ4v) is 1.55. The van der Waals surface area contributed by atoms with Gasteiger partial charge in [0.25, 0.3) is 0 Å². The van der Waals surface area contributed by atoms with E-state index < -0.39 is 0 Å². The van der Waals surface area contributed by atoms with E-state index in [1.807, 2.05) is 6.92 Å². The van der Waals surface area contributed by atoms with Crippen molar-refractivity contribution in [2.24, 2.45) is 0 Å². The van der Waals surface area contributed by atoms with Crippen LogP contribution < -0.4 is 5.32 Å². The predicted octanol–water partition coefficient (Wildman–Crippen LogP) is -0.339. The lowest BCUT2D eigenvalue weighted by molar-refractivity contribution is 0.108. The molecule has 11 heavy (non-hydrogen) atoms. The van der Waals surface area contributed by atoms with Crippen LogP contribution in [-0.2, 0) is 0 Å². The molecule has 0 aliphatic carbocycles. The van der Waals surface area contributed by atoms with Gasteiger partial charge in [-0.3, -0.25) is 4.90 Å². The topological polar surface area (TPSA) is 35.5 Å². The lowest BCUT2D eigenvalue weighted by Crippen LogP contribution is -2.50. The Balaban J connectivity index is 2.23. The highest BCUT2D eigenvalue weighted by Crippen LogP contribution is 1.99. The number of hydrogen-bond acceptors (Lipinski definition) is 3. The van der Waals surface area contributed by atoms with Gasteiger partial charge < -0.3 is 10.4 Å². The molecule has 1 fully saturated rings. The fourth-order valence-electron chi connectivity index (χ4n) is 1.55. The Morgan fingerprint density at radius 3 is 3.00 bits per heavy atom. The first-order chi connectivity index (χ1) is 5.18. The van der Waals surface area contributed by atoms with E-state index in [-0.39, 0.29) is 6.10 Å². The lowest BCUT2D eigenvalue weighted by atomic mass is 10.2. The molecule has 0 aromatic carbocycles. The Hall–Kier alpha value is -0.120. The van der Waals surface area contributed by atoms with Crippen LogP contribution >= 0.6 is 0 Å². The summed E-state index contributed by atoms with van der Waals surface area (Å²) in [7, 11) is 0. The summed E-state index contributed by atoms with van der Waals surface area (Å²) < 4.78 is 0. The van der Waals surface area contributed by atoms with E-state index in [0.29, 0.717) is 6.04 Å². The van der Waals surface area contributed by atoms with E-state index in [1.165, 1.54) is 0 Å². The maximum absolute atomic E-state index is 9.13. The molecule has 0 amide bonds. The molecule has 66 valence electrons. The van der Waals surface area contributed by atoms with Gasteiger partial charge in [0.2, 0.25) is 0 Å². The van der Waals surface area contributed by atoms with E-state index in [9.17, 15) is 0 Å². The summed E-state index contributed by atoms with van der Waals surface area (Å²) in [5.74, 6) is 0. The van der Waals surface area contributed by atoms with Gasteiger partial charge in [-0.15, -0.1) is 0 Å². The maximum atomic E-state index is 9.13. The molecule has 3 nitrogen and oxygen atoms in total. The molecule has 1 rings (SSSR count). The Bertz CT molecular complexity index is 115. The number of aliphatic hydroxyl groups excluding tert-OH is 1. The van der Waals surface area contributed by atoms with Crippen LogP contribution in [0.2, 0.25) is 0 Å². The fraction of sp³-hybridized carbons (Fsp3) is 1.00. The molecule has 0 bridgehead atoms. The molecule has 0 aromatic heterocycles. The second-order valence-corrected chi connectivity index (χ2v) is 3.46. The summed E-state index contributed by atoms with van der Waals surface area (Å²) in [6, 6.07) is 0.572. The number of piperazine rings is 1. The highest BCUT2D eigenvalue weighted by Gasteiger charge is 2.15. The first-order valence-corrected chi connectivity index (χ1v) is 4.32. The lowest BCUT2D eigenvalue weighted by Gasteiger charge is -2.32. The first kappa shape index (κ1) is 8.97. The zero-order valence-electron chi connectivity index (χ0n) is 7.38. The van der Waals surface area contributed by atoms with E-state index in [1.54, 1.807) is 0 Å². The van der Waals surface area contributed by atoms with Crippen molar-refractivity contribution in [2.75, 3.05) is 26.2 Å². The molecule has 3 heteroatoms. The van der Waals surface area contributed by atoms with Crippen molar-refractivity contribution < 1.29 is 5.11 Å². The van der Waals surface area contributed by atoms with Gasteiger partial charge in [0, 0.05) is 32.2 Å². The normalized spacial score (nSPS) is 30.3. The highest BCUT2D eigenvalue weighted by molar-refractivity contribution is 4.75. The second-order valence-electron chi connectivity index (χ2n) is 3.46. The van der Waals surface area contributed by atoms with Crippen LogP contribution in [0, 0.1) is 0 Å². The molecule has 1 heterocycles. The summed E-state index contributed by atoms with van der Waals surface area (Å²) in [6.07, 6.45) is -0.194. The molecular weight excluding hydrogens is 140 g/mol. The van der Waals surface area contributed by atoms with Crippen molar-refractivity contribution in [1.29, 1.82) is 0 Å². The zero-order valence-corrected chi connectivity index (χ0v) is 7.38. The molecule has 0 radical (unpaired) electrons. The quantitative estimate of drug-likeness (QED) is 0.577. The van der Waals surface area contributed by atoms with Crippen molar-refractivity contribution in [3.8, 4) is 0 Å². The number of hydrogen-bond donors (Lipinski definition) is 2. The van der Waals surface area contributed by atoms with Crippen LogP contribution in [0.4, 0.5) is 0 Å². The van der Waals surface area contributed by atoms with Crippen LogP contribution in [0.3, 0.4) is 0 Å². The molecule has 0 saturated carbocycles. The summed E-state index contributed by atoms with van der Waals surface area (Å²) in [6.45, 7) is 8.00. The van der Waals surface area contributed by atoms with Gasteiger partial charge in [-0.05, 0) is 13.8 Å². The first-order valence-electron chi connectivity index (χ1n) is 4.32. The number of nitrogens with one attached hydrogen (secondary N) is 1. The maximum Gasteiger partial charge on any atom is 0.0639 e. The molecular formula is C8H18N2O. The van der Waals surface area contributed by atoms with E-state index in [2.05, 4.69) is 17.1 Å². The van der Waals surface area contributed by atoms with E-state index in [0.717, 1.165) is 26.2 Å². The van der Waals surface area contributed by atoms with Crippen LogP contribution in [0.1, 0.15) is 13.8 Å². The van der Waals surface area contributed by atoms with Crippen molar-refractivity contribution in [3.05, 3.63) is 0 Å². The average molecular weight is 158 g/mol. The minimum absolute atomic E-state index is 0.194. The minimum atomic E-state index is -0.194. The number of β-amino-alcohol motifs (C(OH)–C–C–N with tert-alkyl or cyclic N) is 1. The van der Waals surface area contributed by atoms with Crippen LogP contribution in [-0.4, -0.2) is 48.3 Å². The molecule has 2 N–H and O–H groups in total. The number of nitrogens with zero attached hydrogens (tertiary/aromatic N) is 1. The summed E-state index contributed by atoms with van der Waals surface area (Å²) in [4.78, 5) is 2.30. The molecule has 1 aliphatic heterocycles. The Labute approximate surface area is 68.4 Å². The molecule has 1 saturated heterocycles. The Morgan fingerprint density at radius 1 is 1.73 bits per heavy atom. The standard InChI is InChI=1S/C8H18N2O/c1-7-5-10(4-3-9-7)6-8(2)11/h7-9,11H,3-6H2,1-2H3/t7?,8-/m0/s1. The van der Waals surface area contributed by atoms with E-state index in [4.69, 9.17) is 5.11 Å². The summed E-state index contributed by atoms with van der Waals surface area (Å²) in [5, 5.41) is 12.5. The van der Waals surface area contributed by atoms with Gasteiger partial charge in [0.1, 0.15) is 0 Å².